The van der Waals surface area contributed by atoms with Crippen molar-refractivity contribution in [3.05, 3.63) is 66.6 Å². The third kappa shape index (κ3) is 2.78. The van der Waals surface area contributed by atoms with Crippen LogP contribution in [0.2, 0.25) is 0 Å². The monoisotopic (exact) mass is 331 g/mol. The zero-order chi connectivity index (χ0) is 17.2. The second-order valence-electron chi connectivity index (χ2n) is 5.66. The molecule has 1 N–H and O–H groups in total. The molecule has 0 unspecified atom stereocenters. The van der Waals surface area contributed by atoms with Gasteiger partial charge in [-0.3, -0.25) is 0 Å². The van der Waals surface area contributed by atoms with Gasteiger partial charge in [0.1, 0.15) is 17.9 Å². The van der Waals surface area contributed by atoms with E-state index in [0.29, 0.717) is 0 Å². The van der Waals surface area contributed by atoms with Crippen LogP contribution in [-0.2, 0) is 0 Å². The Morgan fingerprint density at radius 1 is 1.04 bits per heavy atom. The molecule has 0 aliphatic carbocycles. The molecule has 2 aromatic carbocycles. The normalized spacial score (nSPS) is 10.8. The number of rotatable bonds is 4. The van der Waals surface area contributed by atoms with Crippen molar-refractivity contribution in [3.63, 3.8) is 0 Å². The summed E-state index contributed by atoms with van der Waals surface area (Å²) < 4.78 is 7.07. The van der Waals surface area contributed by atoms with E-state index in [1.807, 2.05) is 42.5 Å². The molecule has 0 spiro atoms. The van der Waals surface area contributed by atoms with Crippen molar-refractivity contribution in [2.24, 2.45) is 0 Å². The van der Waals surface area contributed by atoms with Crippen LogP contribution >= 0.6 is 0 Å². The Labute approximate surface area is 145 Å². The molecular formula is C19H17N5O. The maximum absolute atomic E-state index is 5.29. The highest BCUT2D eigenvalue weighted by molar-refractivity contribution is 5.89. The van der Waals surface area contributed by atoms with Gasteiger partial charge in [-0.1, -0.05) is 24.3 Å². The van der Waals surface area contributed by atoms with Crippen LogP contribution in [0.25, 0.3) is 16.7 Å². The first-order chi connectivity index (χ1) is 12.3. The Hall–Kier alpha value is -3.41. The van der Waals surface area contributed by atoms with Gasteiger partial charge in [0, 0.05) is 11.8 Å². The molecule has 0 amide bonds. The molecule has 0 saturated carbocycles. The van der Waals surface area contributed by atoms with Gasteiger partial charge in [0.2, 0.25) is 0 Å². The van der Waals surface area contributed by atoms with Gasteiger partial charge in [-0.15, -0.1) is 0 Å². The van der Waals surface area contributed by atoms with Crippen LogP contribution in [0, 0.1) is 6.92 Å². The van der Waals surface area contributed by atoms with Crippen molar-refractivity contribution in [1.82, 2.24) is 19.7 Å². The van der Waals surface area contributed by atoms with E-state index in [1.165, 1.54) is 0 Å². The number of aryl methyl sites for hydroxylation is 1. The molecule has 124 valence electrons. The van der Waals surface area contributed by atoms with E-state index in [0.717, 1.165) is 39.5 Å². The quantitative estimate of drug-likeness (QED) is 0.615. The number of hydrogen-bond donors (Lipinski definition) is 1. The Morgan fingerprint density at radius 2 is 1.92 bits per heavy atom. The molecule has 25 heavy (non-hydrogen) atoms. The molecule has 0 fully saturated rings. The average Bonchev–Trinajstić information content (AvgIpc) is 3.09. The molecular weight excluding hydrogens is 314 g/mol. The number of nitrogens with zero attached hydrogens (tertiary/aromatic N) is 4. The lowest BCUT2D eigenvalue weighted by atomic mass is 10.2. The first-order valence-corrected chi connectivity index (χ1v) is 7.92. The first kappa shape index (κ1) is 15.1. The molecule has 6 heteroatoms. The summed E-state index contributed by atoms with van der Waals surface area (Å²) in [5.41, 5.74) is 3.78. The minimum atomic E-state index is 0.730. The molecule has 0 bridgehead atoms. The smallest absolute Gasteiger partial charge is 0.168 e. The molecule has 0 radical (unpaired) electrons. The Kier molecular flexibility index (Phi) is 3.78. The molecule has 6 nitrogen and oxygen atoms in total. The number of hydrogen-bond acceptors (Lipinski definition) is 5. The summed E-state index contributed by atoms with van der Waals surface area (Å²) in [6.45, 7) is 2.06. The van der Waals surface area contributed by atoms with Gasteiger partial charge in [-0.05, 0) is 30.7 Å². The van der Waals surface area contributed by atoms with Gasteiger partial charge in [-0.25, -0.2) is 14.6 Å². The molecule has 0 aliphatic rings. The van der Waals surface area contributed by atoms with Gasteiger partial charge in [0.25, 0.3) is 0 Å². The predicted molar refractivity (Wildman–Crippen MR) is 97.7 cm³/mol. The number of benzene rings is 2. The van der Waals surface area contributed by atoms with Crippen LogP contribution in [0.1, 0.15) is 5.56 Å². The maximum Gasteiger partial charge on any atom is 0.168 e. The molecule has 2 aromatic heterocycles. The Bertz CT molecular complexity index is 1040. The number of anilines is 2. The summed E-state index contributed by atoms with van der Waals surface area (Å²) >= 11 is 0. The van der Waals surface area contributed by atoms with Gasteiger partial charge in [-0.2, -0.15) is 5.10 Å². The molecule has 2 heterocycles. The van der Waals surface area contributed by atoms with Crippen molar-refractivity contribution in [2.75, 3.05) is 12.4 Å². The van der Waals surface area contributed by atoms with Crippen LogP contribution in [0.3, 0.4) is 0 Å². The Morgan fingerprint density at radius 3 is 2.76 bits per heavy atom. The van der Waals surface area contributed by atoms with Gasteiger partial charge in [0.05, 0.1) is 24.4 Å². The highest BCUT2D eigenvalue weighted by atomic mass is 16.5. The zero-order valence-corrected chi connectivity index (χ0v) is 14.0. The molecule has 0 atom stereocenters. The van der Waals surface area contributed by atoms with Crippen molar-refractivity contribution in [2.45, 2.75) is 6.92 Å². The number of aromatic nitrogens is 4. The average molecular weight is 331 g/mol. The van der Waals surface area contributed by atoms with E-state index in [4.69, 9.17) is 4.74 Å². The van der Waals surface area contributed by atoms with Crippen molar-refractivity contribution in [3.8, 4) is 11.4 Å². The van der Waals surface area contributed by atoms with Crippen molar-refractivity contribution >= 4 is 22.5 Å². The van der Waals surface area contributed by atoms with Crippen LogP contribution in [-0.4, -0.2) is 26.9 Å². The number of para-hydroxylation sites is 1. The van der Waals surface area contributed by atoms with E-state index in [9.17, 15) is 0 Å². The lowest BCUT2D eigenvalue weighted by molar-refractivity contribution is 0.414. The highest BCUT2D eigenvalue weighted by Gasteiger charge is 2.12. The van der Waals surface area contributed by atoms with E-state index in [2.05, 4.69) is 33.4 Å². The summed E-state index contributed by atoms with van der Waals surface area (Å²) in [4.78, 5) is 8.79. The molecule has 0 saturated heterocycles. The van der Waals surface area contributed by atoms with E-state index in [1.54, 1.807) is 24.3 Å². The lowest BCUT2D eigenvalue weighted by Gasteiger charge is -2.09. The van der Waals surface area contributed by atoms with Crippen LogP contribution in [0.5, 0.6) is 5.75 Å². The predicted octanol–water partition coefficient (Wildman–Crippen LogP) is 3.88. The van der Waals surface area contributed by atoms with E-state index >= 15 is 0 Å². The van der Waals surface area contributed by atoms with Gasteiger partial charge < -0.3 is 10.1 Å². The fourth-order valence-electron chi connectivity index (χ4n) is 2.72. The fraction of sp³-hybridized carbons (Fsp3) is 0.105. The first-order valence-electron chi connectivity index (χ1n) is 7.92. The summed E-state index contributed by atoms with van der Waals surface area (Å²) in [6, 6.07) is 15.8. The van der Waals surface area contributed by atoms with E-state index in [-0.39, 0.29) is 0 Å². The largest absolute Gasteiger partial charge is 0.497 e. The minimum Gasteiger partial charge on any atom is -0.497 e. The second kappa shape index (κ2) is 6.24. The molecule has 4 rings (SSSR count). The molecule has 0 aliphatic heterocycles. The van der Waals surface area contributed by atoms with Gasteiger partial charge in [0.15, 0.2) is 5.65 Å². The topological polar surface area (TPSA) is 64.9 Å². The fourth-order valence-corrected chi connectivity index (χ4v) is 2.72. The lowest BCUT2D eigenvalue weighted by Crippen LogP contribution is -2.00. The van der Waals surface area contributed by atoms with Crippen molar-refractivity contribution < 1.29 is 4.74 Å². The SMILES string of the molecule is COc1cccc(-n2ncc3c(Nc4ccccc4C)ncnc32)c1. The standard InChI is InChI=1S/C19H17N5O/c1-13-6-3-4-9-17(13)23-18-16-11-22-24(19(16)21-12-20-18)14-7-5-8-15(10-14)25-2/h3-12H,1-2H3,(H,20,21,23). The van der Waals surface area contributed by atoms with Crippen molar-refractivity contribution in [1.29, 1.82) is 0 Å². The summed E-state index contributed by atoms with van der Waals surface area (Å²) in [5.74, 6) is 1.50. The zero-order valence-electron chi connectivity index (χ0n) is 14.0. The van der Waals surface area contributed by atoms with Crippen LogP contribution in [0.15, 0.2) is 61.1 Å². The third-order valence-corrected chi connectivity index (χ3v) is 4.06. The summed E-state index contributed by atoms with van der Waals surface area (Å²) in [7, 11) is 1.65. The second-order valence-corrected chi connectivity index (χ2v) is 5.66. The number of fused-ring (bicyclic) bond motifs is 1. The number of methoxy groups -OCH3 is 1. The summed E-state index contributed by atoms with van der Waals surface area (Å²) in [6.07, 6.45) is 3.32. The van der Waals surface area contributed by atoms with Crippen LogP contribution in [0.4, 0.5) is 11.5 Å². The maximum atomic E-state index is 5.29. The van der Waals surface area contributed by atoms with Gasteiger partial charge >= 0.3 is 0 Å². The number of ether oxygens (including phenoxy) is 1. The molecule has 4 aromatic rings. The minimum absolute atomic E-state index is 0.730. The number of nitrogens with one attached hydrogen (secondary N) is 1. The third-order valence-electron chi connectivity index (χ3n) is 4.06. The Balaban J connectivity index is 1.79. The summed E-state index contributed by atoms with van der Waals surface area (Å²) in [5, 5.41) is 8.71. The van der Waals surface area contributed by atoms with Crippen LogP contribution < -0.4 is 10.1 Å². The highest BCUT2D eigenvalue weighted by Crippen LogP contribution is 2.26. The van der Waals surface area contributed by atoms with E-state index < -0.39 is 0 Å².